The van der Waals surface area contributed by atoms with Crippen molar-refractivity contribution in [2.45, 2.75) is 31.3 Å². The molecule has 0 aliphatic heterocycles. The van der Waals surface area contributed by atoms with Crippen molar-refractivity contribution in [3.05, 3.63) is 0 Å². The highest BCUT2D eigenvalue weighted by Gasteiger charge is 2.28. The van der Waals surface area contributed by atoms with Crippen LogP contribution >= 0.6 is 0 Å². The Balaban J connectivity index is 4.60. The summed E-state index contributed by atoms with van der Waals surface area (Å²) in [6, 6.07) is -3.01. The van der Waals surface area contributed by atoms with E-state index in [0.717, 1.165) is 0 Å². The van der Waals surface area contributed by atoms with E-state index in [0.29, 0.717) is 0 Å². The van der Waals surface area contributed by atoms with Gasteiger partial charge in [-0.05, 0) is 6.42 Å². The van der Waals surface area contributed by atoms with Crippen molar-refractivity contribution in [2.75, 3.05) is 0 Å². The molecule has 0 saturated carbocycles. The van der Waals surface area contributed by atoms with E-state index in [1.807, 2.05) is 0 Å². The molecule has 0 aromatic carbocycles. The van der Waals surface area contributed by atoms with Crippen molar-refractivity contribution in [2.24, 2.45) is 0 Å². The second kappa shape index (κ2) is 7.22. The molecule has 0 aromatic rings. The fourth-order valence-corrected chi connectivity index (χ4v) is 1.18. The second-order valence-electron chi connectivity index (χ2n) is 3.48. The number of carbonyl (C=O) groups is 4. The minimum absolute atomic E-state index is 0.339. The second-order valence-corrected chi connectivity index (χ2v) is 3.48. The van der Waals surface area contributed by atoms with Crippen LogP contribution in [0.1, 0.15) is 19.3 Å². The number of aliphatic carboxylic acids is 4. The van der Waals surface area contributed by atoms with Gasteiger partial charge < -0.3 is 20.4 Å². The summed E-state index contributed by atoms with van der Waals surface area (Å²) in [4.78, 5) is 42.1. The van der Waals surface area contributed by atoms with E-state index < -0.39 is 48.8 Å². The average Bonchev–Trinajstić information content (AvgIpc) is 2.20. The molecule has 2 atom stereocenters. The summed E-state index contributed by atoms with van der Waals surface area (Å²) in [6.07, 6.45) is -1.61. The summed E-state index contributed by atoms with van der Waals surface area (Å²) in [7, 11) is 0. The highest BCUT2D eigenvalue weighted by molar-refractivity contribution is 5.82. The topological polar surface area (TPSA) is 161 Å². The molecule has 18 heavy (non-hydrogen) atoms. The molecule has 0 aliphatic carbocycles. The Kier molecular flexibility index (Phi) is 6.35. The molecule has 0 fully saturated rings. The molecule has 5 N–H and O–H groups in total. The lowest BCUT2D eigenvalue weighted by Crippen LogP contribution is -2.48. The fourth-order valence-electron chi connectivity index (χ4n) is 1.18. The Bertz CT molecular complexity index is 352. The van der Waals surface area contributed by atoms with E-state index in [1.54, 1.807) is 0 Å². The maximum Gasteiger partial charge on any atom is 0.321 e. The molecule has 0 rings (SSSR count). The fraction of sp³-hybridized carbons (Fsp3) is 0.556. The first-order chi connectivity index (χ1) is 8.23. The first-order valence-electron chi connectivity index (χ1n) is 4.89. The summed E-state index contributed by atoms with van der Waals surface area (Å²) in [6.45, 7) is 0. The van der Waals surface area contributed by atoms with E-state index in [4.69, 9.17) is 20.4 Å². The van der Waals surface area contributed by atoms with Gasteiger partial charge in [-0.2, -0.15) is 0 Å². The van der Waals surface area contributed by atoms with Gasteiger partial charge in [0.2, 0.25) is 0 Å². The van der Waals surface area contributed by atoms with Gasteiger partial charge in [0.15, 0.2) is 0 Å². The first-order valence-corrected chi connectivity index (χ1v) is 4.89. The van der Waals surface area contributed by atoms with Crippen LogP contribution in [0.5, 0.6) is 0 Å². The highest BCUT2D eigenvalue weighted by Crippen LogP contribution is 2.02. The van der Waals surface area contributed by atoms with Crippen LogP contribution in [0.2, 0.25) is 0 Å². The van der Waals surface area contributed by atoms with E-state index in [2.05, 4.69) is 5.32 Å². The maximum atomic E-state index is 10.8. The third-order valence-electron chi connectivity index (χ3n) is 2.02. The molecule has 0 aromatic heterocycles. The van der Waals surface area contributed by atoms with Gasteiger partial charge in [0, 0.05) is 6.42 Å². The molecular formula is C9H13NO8. The summed E-state index contributed by atoms with van der Waals surface area (Å²) in [5.41, 5.74) is 0. The normalized spacial score (nSPS) is 13.6. The monoisotopic (exact) mass is 263 g/mol. The average molecular weight is 263 g/mol. The molecule has 9 heteroatoms. The molecule has 0 radical (unpaired) electrons. The molecule has 0 amide bonds. The van der Waals surface area contributed by atoms with Crippen LogP contribution in [0.25, 0.3) is 0 Å². The smallest absolute Gasteiger partial charge is 0.321 e. The zero-order chi connectivity index (χ0) is 14.3. The Hall–Kier alpha value is -2.16. The Labute approximate surface area is 101 Å². The predicted molar refractivity (Wildman–Crippen MR) is 55.1 cm³/mol. The largest absolute Gasteiger partial charge is 0.481 e. The maximum absolute atomic E-state index is 10.8. The first kappa shape index (κ1) is 15.8. The van der Waals surface area contributed by atoms with Crippen LogP contribution in [-0.2, 0) is 19.2 Å². The number of carboxylic acids is 4. The molecule has 9 nitrogen and oxygen atoms in total. The van der Waals surface area contributed by atoms with Gasteiger partial charge in [-0.3, -0.25) is 24.5 Å². The van der Waals surface area contributed by atoms with Gasteiger partial charge in [0.1, 0.15) is 12.1 Å². The number of rotatable bonds is 9. The number of hydrogen-bond donors (Lipinski definition) is 5. The molecule has 0 bridgehead atoms. The van der Waals surface area contributed by atoms with E-state index in [1.165, 1.54) is 0 Å². The summed E-state index contributed by atoms with van der Waals surface area (Å²) < 4.78 is 0. The summed E-state index contributed by atoms with van der Waals surface area (Å²) >= 11 is 0. The number of nitrogens with one attached hydrogen (secondary N) is 1. The molecule has 102 valence electrons. The zero-order valence-corrected chi connectivity index (χ0v) is 9.20. The lowest BCUT2D eigenvalue weighted by molar-refractivity contribution is -0.148. The molecule has 0 unspecified atom stereocenters. The zero-order valence-electron chi connectivity index (χ0n) is 9.20. The summed E-state index contributed by atoms with van der Waals surface area (Å²) in [5.74, 6) is -5.59. The van der Waals surface area contributed by atoms with E-state index in [-0.39, 0.29) is 6.42 Å². The van der Waals surface area contributed by atoms with Crippen molar-refractivity contribution in [1.29, 1.82) is 0 Å². The standard InChI is InChI=1S/C9H13NO8/c11-6(12)2-1-4(8(15)16)10-5(9(17)18)3-7(13)14/h4-5,10H,1-3H2,(H,11,12)(H,13,14)(H,15,16)(H,17,18)/t4-,5+/m1/s1. The van der Waals surface area contributed by atoms with Gasteiger partial charge in [-0.25, -0.2) is 0 Å². The van der Waals surface area contributed by atoms with Crippen LogP contribution in [0.3, 0.4) is 0 Å². The van der Waals surface area contributed by atoms with Gasteiger partial charge in [0.25, 0.3) is 0 Å². The molecule has 0 saturated heterocycles. The van der Waals surface area contributed by atoms with E-state index in [9.17, 15) is 19.2 Å². The minimum Gasteiger partial charge on any atom is -0.481 e. The van der Waals surface area contributed by atoms with Crippen LogP contribution in [0.4, 0.5) is 0 Å². The quantitative estimate of drug-likeness (QED) is 0.344. The van der Waals surface area contributed by atoms with Crippen molar-refractivity contribution >= 4 is 23.9 Å². The van der Waals surface area contributed by atoms with Gasteiger partial charge in [0.05, 0.1) is 6.42 Å². The minimum atomic E-state index is -1.59. The molecular weight excluding hydrogens is 250 g/mol. The van der Waals surface area contributed by atoms with Crippen LogP contribution in [0, 0.1) is 0 Å². The highest BCUT2D eigenvalue weighted by atomic mass is 16.4. The van der Waals surface area contributed by atoms with Crippen molar-refractivity contribution < 1.29 is 39.6 Å². The van der Waals surface area contributed by atoms with Gasteiger partial charge >= 0.3 is 23.9 Å². The van der Waals surface area contributed by atoms with Crippen LogP contribution < -0.4 is 5.32 Å². The van der Waals surface area contributed by atoms with Gasteiger partial charge in [-0.15, -0.1) is 0 Å². The number of hydrogen-bond acceptors (Lipinski definition) is 5. The van der Waals surface area contributed by atoms with Crippen LogP contribution in [-0.4, -0.2) is 56.4 Å². The van der Waals surface area contributed by atoms with Crippen molar-refractivity contribution in [1.82, 2.24) is 5.32 Å². The van der Waals surface area contributed by atoms with Crippen molar-refractivity contribution in [3.63, 3.8) is 0 Å². The van der Waals surface area contributed by atoms with Crippen LogP contribution in [0.15, 0.2) is 0 Å². The molecule has 0 aliphatic rings. The summed E-state index contributed by atoms with van der Waals surface area (Å²) in [5, 5.41) is 36.4. The lowest BCUT2D eigenvalue weighted by atomic mass is 10.1. The molecule has 0 heterocycles. The van der Waals surface area contributed by atoms with E-state index >= 15 is 0 Å². The lowest BCUT2D eigenvalue weighted by Gasteiger charge is -2.18. The predicted octanol–water partition coefficient (Wildman–Crippen LogP) is -1.18. The SMILES string of the molecule is O=C(O)CC[C@@H](N[C@@H](CC(=O)O)C(=O)O)C(=O)O. The number of carboxylic acid groups (broad SMARTS) is 4. The molecule has 0 spiro atoms. The Morgan fingerprint density at radius 1 is 0.833 bits per heavy atom. The third kappa shape index (κ3) is 6.43. The Morgan fingerprint density at radius 3 is 1.67 bits per heavy atom. The third-order valence-corrected chi connectivity index (χ3v) is 2.02. The Morgan fingerprint density at radius 2 is 1.33 bits per heavy atom. The van der Waals surface area contributed by atoms with Gasteiger partial charge in [-0.1, -0.05) is 0 Å². The van der Waals surface area contributed by atoms with Crippen molar-refractivity contribution in [3.8, 4) is 0 Å².